The summed E-state index contributed by atoms with van der Waals surface area (Å²) in [5.74, 6) is 1.66. The van der Waals surface area contributed by atoms with Crippen LogP contribution in [0.3, 0.4) is 0 Å². The van der Waals surface area contributed by atoms with Crippen molar-refractivity contribution in [2.45, 2.75) is 0 Å². The van der Waals surface area contributed by atoms with Crippen molar-refractivity contribution >= 4 is 41.1 Å². The van der Waals surface area contributed by atoms with E-state index in [0.29, 0.717) is 55.3 Å². The topological polar surface area (TPSA) is 63.2 Å². The number of halogens is 2. The third-order valence-corrected chi connectivity index (χ3v) is 5.57. The van der Waals surface area contributed by atoms with Crippen LogP contribution in [0.25, 0.3) is 12.2 Å². The van der Waals surface area contributed by atoms with Crippen LogP contribution in [0.5, 0.6) is 23.0 Å². The van der Waals surface area contributed by atoms with E-state index in [1.165, 1.54) is 28.4 Å². The first-order valence-corrected chi connectivity index (χ1v) is 10.0. The Kier molecular flexibility index (Phi) is 7.49. The Bertz CT molecular complexity index is 977. The smallest absolute Gasteiger partial charge is 0.189 e. The molecule has 0 bridgehead atoms. The van der Waals surface area contributed by atoms with Gasteiger partial charge in [0.05, 0.1) is 51.7 Å². The minimum atomic E-state index is -0.150. The van der Waals surface area contributed by atoms with Gasteiger partial charge in [0.25, 0.3) is 0 Å². The van der Waals surface area contributed by atoms with Gasteiger partial charge >= 0.3 is 0 Å². The number of benzene rings is 2. The molecule has 164 valence electrons. The summed E-state index contributed by atoms with van der Waals surface area (Å²) >= 11 is 12.9. The van der Waals surface area contributed by atoms with Crippen LogP contribution >= 0.6 is 23.2 Å². The fourth-order valence-electron chi connectivity index (χ4n) is 3.23. The number of hydrogen-bond acceptors (Lipinski definition) is 6. The lowest BCUT2D eigenvalue weighted by molar-refractivity contribution is -0.114. The van der Waals surface area contributed by atoms with Gasteiger partial charge in [-0.2, -0.15) is 0 Å². The molecule has 0 N–H and O–H groups in total. The quantitative estimate of drug-likeness (QED) is 0.554. The van der Waals surface area contributed by atoms with Gasteiger partial charge in [-0.15, -0.1) is 0 Å². The standard InChI is InChI=1S/C23H22Cl2O6/c1-27-17-7-5-13(19(24)22(17)29-3)9-15-11-31-12-16(21(15)26)10-14-6-8-18(28-2)23(30-4)20(14)25/h5-10H,11-12H2,1-4H3. The summed E-state index contributed by atoms with van der Waals surface area (Å²) in [5, 5.41) is 0.697. The molecular formula is C23H22Cl2O6. The van der Waals surface area contributed by atoms with E-state index in [9.17, 15) is 4.79 Å². The second-order valence-electron chi connectivity index (χ2n) is 6.57. The van der Waals surface area contributed by atoms with Gasteiger partial charge in [-0.1, -0.05) is 23.2 Å². The molecule has 6 nitrogen and oxygen atoms in total. The van der Waals surface area contributed by atoms with Gasteiger partial charge in [0.2, 0.25) is 0 Å². The highest BCUT2D eigenvalue weighted by molar-refractivity contribution is 6.34. The predicted octanol–water partition coefficient (Wildman–Crippen LogP) is 5.09. The Balaban J connectivity index is 1.98. The molecule has 31 heavy (non-hydrogen) atoms. The maximum Gasteiger partial charge on any atom is 0.189 e. The van der Waals surface area contributed by atoms with Gasteiger partial charge in [0.1, 0.15) is 0 Å². The lowest BCUT2D eigenvalue weighted by Gasteiger charge is -2.19. The lowest BCUT2D eigenvalue weighted by atomic mass is 9.97. The first-order chi connectivity index (χ1) is 14.9. The van der Waals surface area contributed by atoms with Crippen molar-refractivity contribution < 1.29 is 28.5 Å². The minimum absolute atomic E-state index is 0.150. The summed E-state index contributed by atoms with van der Waals surface area (Å²) in [5.41, 5.74) is 2.17. The highest BCUT2D eigenvalue weighted by Crippen LogP contribution is 2.40. The van der Waals surface area contributed by atoms with Gasteiger partial charge < -0.3 is 23.7 Å². The van der Waals surface area contributed by atoms with E-state index in [2.05, 4.69) is 0 Å². The molecule has 3 rings (SSSR count). The second-order valence-corrected chi connectivity index (χ2v) is 7.33. The number of ketones is 1. The van der Waals surface area contributed by atoms with E-state index >= 15 is 0 Å². The summed E-state index contributed by atoms with van der Waals surface area (Å²) in [6.45, 7) is 0.334. The van der Waals surface area contributed by atoms with E-state index < -0.39 is 0 Å². The zero-order valence-electron chi connectivity index (χ0n) is 17.6. The fourth-order valence-corrected chi connectivity index (χ4v) is 3.81. The number of methoxy groups -OCH3 is 4. The fraction of sp³-hybridized carbons (Fsp3) is 0.261. The molecule has 1 heterocycles. The molecule has 0 aliphatic carbocycles. The molecule has 8 heteroatoms. The maximum atomic E-state index is 13.1. The molecule has 0 spiro atoms. The molecular weight excluding hydrogens is 443 g/mol. The number of ether oxygens (including phenoxy) is 5. The van der Waals surface area contributed by atoms with Gasteiger partial charge in [-0.05, 0) is 47.5 Å². The first kappa shape index (κ1) is 23.0. The van der Waals surface area contributed by atoms with Gasteiger partial charge in [-0.3, -0.25) is 4.79 Å². The third-order valence-electron chi connectivity index (χ3n) is 4.79. The van der Waals surface area contributed by atoms with Crippen LogP contribution in [0.1, 0.15) is 11.1 Å². The molecule has 1 aliphatic heterocycles. The molecule has 1 aliphatic rings. The Morgan fingerprint density at radius 2 is 1.16 bits per heavy atom. The van der Waals surface area contributed by atoms with Crippen LogP contribution < -0.4 is 18.9 Å². The van der Waals surface area contributed by atoms with E-state index in [-0.39, 0.29) is 19.0 Å². The maximum absolute atomic E-state index is 13.1. The average molecular weight is 465 g/mol. The Morgan fingerprint density at radius 3 is 1.52 bits per heavy atom. The van der Waals surface area contributed by atoms with E-state index in [1.54, 1.807) is 36.4 Å². The van der Waals surface area contributed by atoms with Crippen molar-refractivity contribution in [1.82, 2.24) is 0 Å². The van der Waals surface area contributed by atoms with Gasteiger partial charge in [0.15, 0.2) is 28.8 Å². The molecule has 0 atom stereocenters. The number of rotatable bonds is 6. The molecule has 1 saturated heterocycles. The Morgan fingerprint density at radius 1 is 0.742 bits per heavy atom. The number of carbonyl (C=O) groups excluding carboxylic acids is 1. The Hall–Kier alpha value is -2.67. The Labute approximate surface area is 190 Å². The summed E-state index contributed by atoms with van der Waals surface area (Å²) < 4.78 is 26.8. The number of Topliss-reactive ketones (excluding diaryl/α,β-unsaturated/α-hetero) is 1. The van der Waals surface area contributed by atoms with E-state index in [1.807, 2.05) is 0 Å². The molecule has 0 unspecified atom stereocenters. The molecule has 0 amide bonds. The van der Waals surface area contributed by atoms with Crippen LogP contribution in [-0.4, -0.2) is 47.4 Å². The number of carbonyl (C=O) groups is 1. The van der Waals surface area contributed by atoms with Gasteiger partial charge in [-0.25, -0.2) is 0 Å². The summed E-state index contributed by atoms with van der Waals surface area (Å²) in [7, 11) is 6.06. The van der Waals surface area contributed by atoms with Crippen LogP contribution in [-0.2, 0) is 9.53 Å². The van der Waals surface area contributed by atoms with Crippen molar-refractivity contribution in [1.29, 1.82) is 0 Å². The average Bonchev–Trinajstić information content (AvgIpc) is 2.78. The van der Waals surface area contributed by atoms with Crippen molar-refractivity contribution in [2.24, 2.45) is 0 Å². The second kappa shape index (κ2) is 10.1. The zero-order valence-corrected chi connectivity index (χ0v) is 19.1. The molecule has 2 aromatic carbocycles. The molecule has 0 radical (unpaired) electrons. The first-order valence-electron chi connectivity index (χ1n) is 9.29. The molecule has 0 saturated carbocycles. The van der Waals surface area contributed by atoms with Crippen LogP contribution in [0.4, 0.5) is 0 Å². The highest BCUT2D eigenvalue weighted by atomic mass is 35.5. The minimum Gasteiger partial charge on any atom is -0.493 e. The van der Waals surface area contributed by atoms with Crippen molar-refractivity contribution in [3.63, 3.8) is 0 Å². The summed E-state index contributed by atoms with van der Waals surface area (Å²) in [6, 6.07) is 6.97. The van der Waals surface area contributed by atoms with Crippen LogP contribution in [0.2, 0.25) is 10.0 Å². The van der Waals surface area contributed by atoms with Crippen molar-refractivity contribution in [3.05, 3.63) is 56.6 Å². The zero-order chi connectivity index (χ0) is 22.5. The summed E-state index contributed by atoms with van der Waals surface area (Å²) in [4.78, 5) is 13.1. The lowest BCUT2D eigenvalue weighted by Crippen LogP contribution is -2.22. The molecule has 1 fully saturated rings. The predicted molar refractivity (Wildman–Crippen MR) is 121 cm³/mol. The van der Waals surface area contributed by atoms with E-state index in [0.717, 1.165) is 0 Å². The molecule has 2 aromatic rings. The third kappa shape index (κ3) is 4.66. The molecule has 0 aromatic heterocycles. The van der Waals surface area contributed by atoms with Crippen LogP contribution in [0, 0.1) is 0 Å². The summed E-state index contributed by atoms with van der Waals surface area (Å²) in [6.07, 6.45) is 3.38. The monoisotopic (exact) mass is 464 g/mol. The van der Waals surface area contributed by atoms with Crippen molar-refractivity contribution in [2.75, 3.05) is 41.7 Å². The van der Waals surface area contributed by atoms with E-state index in [4.69, 9.17) is 46.9 Å². The van der Waals surface area contributed by atoms with Gasteiger partial charge in [0, 0.05) is 11.1 Å². The highest BCUT2D eigenvalue weighted by Gasteiger charge is 2.23. The largest absolute Gasteiger partial charge is 0.493 e. The van der Waals surface area contributed by atoms with Crippen molar-refractivity contribution in [3.8, 4) is 23.0 Å². The normalized spacial score (nSPS) is 16.5. The van der Waals surface area contributed by atoms with Crippen LogP contribution in [0.15, 0.2) is 35.4 Å². The number of hydrogen-bond donors (Lipinski definition) is 0. The SMILES string of the molecule is COc1ccc(C=C2COCC(=Cc3ccc(OC)c(OC)c3Cl)C2=O)c(Cl)c1OC.